The van der Waals surface area contributed by atoms with Gasteiger partial charge in [-0.25, -0.2) is 9.59 Å². The molecule has 0 aliphatic heterocycles. The number of hydrogen-bond acceptors (Lipinski definition) is 19. The van der Waals surface area contributed by atoms with Crippen molar-refractivity contribution in [2.75, 3.05) is 82.4 Å². The van der Waals surface area contributed by atoms with E-state index in [1.165, 1.54) is 95.2 Å². The molecular formula is C62H89N15O15. The zero-order valence-electron chi connectivity index (χ0n) is 52.4. The minimum Gasteiger partial charge on any atom is -0.496 e. The SMILES string of the molecule is COc1ccc(NC(=O)[C@H](CCCCN)NC(=O)c2cc(NC(=O)[C@H](CCCCN)NC(=O)c3cc(NC(=O)[C@H](CCCCN)NC(=O)c4cc(NC(=O)[C@@H](N)CCCCN)ccc4OC)ccc3OC)ccc2OC)cc1C(=O)NC(CCCNC(N)=O)C(=O)O. The van der Waals surface area contributed by atoms with Crippen molar-refractivity contribution in [3.05, 3.63) is 95.1 Å². The third-order valence-corrected chi connectivity index (χ3v) is 14.4. The van der Waals surface area contributed by atoms with Crippen LogP contribution in [0.3, 0.4) is 0 Å². The third-order valence-electron chi connectivity index (χ3n) is 14.4. The first-order valence-corrected chi connectivity index (χ1v) is 30.2. The van der Waals surface area contributed by atoms with E-state index < -0.39 is 89.5 Å². The van der Waals surface area contributed by atoms with Crippen molar-refractivity contribution >= 4 is 82.0 Å². The Kier molecular flexibility index (Phi) is 32.1. The van der Waals surface area contributed by atoms with Gasteiger partial charge in [0.25, 0.3) is 23.6 Å². The zero-order valence-corrected chi connectivity index (χ0v) is 52.4. The third kappa shape index (κ3) is 24.0. The molecule has 4 aromatic carbocycles. The van der Waals surface area contributed by atoms with Gasteiger partial charge in [-0.3, -0.25) is 38.4 Å². The average molecular weight is 1280 g/mol. The van der Waals surface area contributed by atoms with Gasteiger partial charge in [-0.15, -0.1) is 0 Å². The predicted octanol–water partition coefficient (Wildman–Crippen LogP) is 2.35. The molecule has 10 amide bonds. The Morgan fingerprint density at radius 1 is 0.391 bits per heavy atom. The molecule has 0 heterocycles. The molecule has 92 heavy (non-hydrogen) atoms. The van der Waals surface area contributed by atoms with Gasteiger partial charge in [0.15, 0.2) is 0 Å². The summed E-state index contributed by atoms with van der Waals surface area (Å²) >= 11 is 0. The Balaban J connectivity index is 1.55. The highest BCUT2D eigenvalue weighted by atomic mass is 16.5. The van der Waals surface area contributed by atoms with Crippen LogP contribution in [0.5, 0.6) is 23.0 Å². The van der Waals surface area contributed by atoms with Gasteiger partial charge in [-0.1, -0.05) is 6.42 Å². The molecule has 502 valence electrons. The lowest BCUT2D eigenvalue weighted by Gasteiger charge is -2.22. The first-order valence-electron chi connectivity index (χ1n) is 30.2. The monoisotopic (exact) mass is 1280 g/mol. The van der Waals surface area contributed by atoms with Gasteiger partial charge >= 0.3 is 12.0 Å². The number of nitrogens with two attached hydrogens (primary N) is 6. The van der Waals surface area contributed by atoms with E-state index in [-0.39, 0.29) is 120 Å². The van der Waals surface area contributed by atoms with Gasteiger partial charge in [0, 0.05) is 29.3 Å². The van der Waals surface area contributed by atoms with Crippen molar-refractivity contribution in [2.24, 2.45) is 34.4 Å². The lowest BCUT2D eigenvalue weighted by molar-refractivity contribution is -0.139. The standard InChI is InChI=1S/C62H89N15O15/c1-89-49-23-19-36(70-57(82)44(67)14-5-9-27-63)32-40(49)53(78)74-45(15-6-10-28-64)58(83)71-37-20-24-50(90-2)41(33-37)54(79)75-46(16-7-11-29-65)59(84)72-38-21-25-51(91-3)42(34-38)55(80)76-47(17-8-12-30-66)60(85)73-39-22-26-52(92-4)43(35-39)56(81)77-48(61(86)87)18-13-31-69-62(68)88/h19-26,32-35,44-48H,5-18,27-31,63-67H2,1-4H3,(H,70,82)(H,71,83)(H,72,84)(H,73,85)(H,74,78)(H,75,79)(H,76,80)(H,77,81)(H,86,87)(H3,68,69,88)/t44-,45-,46-,47-,48?/m0/s1. The highest BCUT2D eigenvalue weighted by Gasteiger charge is 2.30. The number of carboxylic acid groups (broad SMARTS) is 1. The topological polar surface area (TPSA) is 492 Å². The fourth-order valence-electron chi connectivity index (χ4n) is 9.42. The van der Waals surface area contributed by atoms with Crippen molar-refractivity contribution < 1.29 is 72.0 Å². The molecule has 1 unspecified atom stereocenters. The number of carbonyl (C=O) groups is 10. The molecule has 0 radical (unpaired) electrons. The molecule has 0 saturated carbocycles. The van der Waals surface area contributed by atoms with Crippen LogP contribution < -0.4 is 101 Å². The highest BCUT2D eigenvalue weighted by Crippen LogP contribution is 2.28. The Bertz CT molecular complexity index is 3170. The van der Waals surface area contributed by atoms with E-state index in [0.29, 0.717) is 70.9 Å². The van der Waals surface area contributed by atoms with Gasteiger partial charge in [0.1, 0.15) is 47.2 Å². The lowest BCUT2D eigenvalue weighted by Crippen LogP contribution is -2.44. The van der Waals surface area contributed by atoms with Crippen LogP contribution in [-0.4, -0.2) is 156 Å². The Labute approximate surface area is 533 Å². The molecule has 0 aliphatic rings. The summed E-state index contributed by atoms with van der Waals surface area (Å²) in [4.78, 5) is 135. The van der Waals surface area contributed by atoms with E-state index >= 15 is 0 Å². The van der Waals surface area contributed by atoms with Crippen molar-refractivity contribution in [1.82, 2.24) is 26.6 Å². The molecule has 0 aliphatic carbocycles. The van der Waals surface area contributed by atoms with Crippen LogP contribution in [0, 0.1) is 0 Å². The summed E-state index contributed by atoms with van der Waals surface area (Å²) in [6, 6.07) is 10.5. The fraction of sp³-hybridized carbons (Fsp3) is 0.452. The Morgan fingerprint density at radius 3 is 0.935 bits per heavy atom. The van der Waals surface area contributed by atoms with Crippen molar-refractivity contribution in [2.45, 2.75) is 120 Å². The largest absolute Gasteiger partial charge is 0.496 e. The van der Waals surface area contributed by atoms with E-state index in [4.69, 9.17) is 53.3 Å². The van der Waals surface area contributed by atoms with E-state index in [9.17, 15) is 53.1 Å². The van der Waals surface area contributed by atoms with Crippen LogP contribution in [0.2, 0.25) is 0 Å². The van der Waals surface area contributed by atoms with E-state index in [1.807, 2.05) is 0 Å². The maximum atomic E-state index is 14.3. The number of unbranched alkanes of at least 4 members (excludes halogenated alkanes) is 4. The van der Waals surface area contributed by atoms with E-state index in [0.717, 1.165) is 0 Å². The molecular weight excluding hydrogens is 1190 g/mol. The molecule has 0 fully saturated rings. The molecule has 0 saturated heterocycles. The molecule has 0 spiro atoms. The first kappa shape index (κ1) is 74.8. The number of ether oxygens (including phenoxy) is 4. The molecule has 0 bridgehead atoms. The van der Waals surface area contributed by atoms with Crippen molar-refractivity contribution in [3.8, 4) is 23.0 Å². The quantitative estimate of drug-likeness (QED) is 0.0284. The smallest absolute Gasteiger partial charge is 0.326 e. The Hall–Kier alpha value is -9.62. The summed E-state index contributed by atoms with van der Waals surface area (Å²) in [5.41, 5.74) is 34.5. The summed E-state index contributed by atoms with van der Waals surface area (Å²) in [6.45, 7) is 1.42. The number of aliphatic carboxylic acids is 1. The molecule has 30 heteroatoms. The molecule has 4 rings (SSSR count). The number of anilines is 4. The van der Waals surface area contributed by atoms with Crippen molar-refractivity contribution in [3.63, 3.8) is 0 Å². The van der Waals surface area contributed by atoms with Gasteiger partial charge in [-0.05, 0) is 182 Å². The summed E-state index contributed by atoms with van der Waals surface area (Å²) in [5, 5.41) is 33.8. The van der Waals surface area contributed by atoms with Crippen LogP contribution in [0.4, 0.5) is 27.5 Å². The summed E-state index contributed by atoms with van der Waals surface area (Å²) in [5.74, 6) is -6.57. The fourth-order valence-corrected chi connectivity index (χ4v) is 9.42. The summed E-state index contributed by atoms with van der Waals surface area (Å²) < 4.78 is 21.9. The van der Waals surface area contributed by atoms with Crippen molar-refractivity contribution in [1.29, 1.82) is 0 Å². The molecule has 30 nitrogen and oxygen atoms in total. The number of rotatable bonds is 41. The minimum atomic E-state index is -1.36. The number of carbonyl (C=O) groups excluding carboxylic acids is 9. The van der Waals surface area contributed by atoms with E-state index in [1.54, 1.807) is 6.07 Å². The molecule has 5 atom stereocenters. The average Bonchev–Trinajstić information content (AvgIpc) is 1.37. The lowest BCUT2D eigenvalue weighted by atomic mass is 10.1. The normalized spacial score (nSPS) is 12.4. The molecule has 22 N–H and O–H groups in total. The number of primary amides is 1. The van der Waals surface area contributed by atoms with Gasteiger partial charge in [0.2, 0.25) is 23.6 Å². The summed E-state index contributed by atoms with van der Waals surface area (Å²) in [7, 11) is 5.31. The number of methoxy groups -OCH3 is 4. The Morgan fingerprint density at radius 2 is 0.663 bits per heavy atom. The predicted molar refractivity (Wildman–Crippen MR) is 346 cm³/mol. The second-order valence-corrected chi connectivity index (χ2v) is 21.2. The second-order valence-electron chi connectivity index (χ2n) is 21.2. The van der Waals surface area contributed by atoms with Crippen LogP contribution in [0.1, 0.15) is 131 Å². The maximum absolute atomic E-state index is 14.3. The van der Waals surface area contributed by atoms with Crippen LogP contribution in [0.15, 0.2) is 72.8 Å². The zero-order chi connectivity index (χ0) is 67.7. The highest BCUT2D eigenvalue weighted by molar-refractivity contribution is 6.08. The minimum absolute atomic E-state index is 0.0173. The number of nitrogens with one attached hydrogen (secondary N) is 9. The number of amides is 10. The second kappa shape index (κ2) is 39.5. The van der Waals surface area contributed by atoms with Crippen LogP contribution in [-0.2, 0) is 24.0 Å². The van der Waals surface area contributed by atoms with Gasteiger partial charge < -0.3 is 106 Å². The number of urea groups is 1. The van der Waals surface area contributed by atoms with Gasteiger partial charge in [-0.2, -0.15) is 0 Å². The summed E-state index contributed by atoms with van der Waals surface area (Å²) in [6.07, 6.45) is 4.97. The van der Waals surface area contributed by atoms with E-state index in [2.05, 4.69) is 47.9 Å². The number of hydrogen-bond donors (Lipinski definition) is 16. The van der Waals surface area contributed by atoms with Crippen LogP contribution in [0.25, 0.3) is 0 Å². The maximum Gasteiger partial charge on any atom is 0.326 e. The molecule has 0 aromatic heterocycles. The molecule has 4 aromatic rings. The number of benzene rings is 4. The van der Waals surface area contributed by atoms with Gasteiger partial charge in [0.05, 0.1) is 56.7 Å². The number of carboxylic acids is 1. The first-order chi connectivity index (χ1) is 44.1. The van der Waals surface area contributed by atoms with Crippen LogP contribution >= 0.6 is 0 Å².